The zero-order chi connectivity index (χ0) is 21.7. The molecule has 3 saturated heterocycles. The maximum atomic E-state index is 13.9. The van der Waals surface area contributed by atoms with Crippen molar-refractivity contribution in [2.75, 3.05) is 16.8 Å². The van der Waals surface area contributed by atoms with Gasteiger partial charge in [-0.3, -0.25) is 19.3 Å². The third-order valence-electron chi connectivity index (χ3n) is 7.78. The molecule has 0 saturated carbocycles. The van der Waals surface area contributed by atoms with Crippen LogP contribution in [0.4, 0.5) is 11.4 Å². The Morgan fingerprint density at radius 3 is 2.52 bits per heavy atom. The normalized spacial score (nSPS) is 31.4. The smallest absolute Gasteiger partial charge is 0.250 e. The van der Waals surface area contributed by atoms with E-state index in [1.165, 1.54) is 4.90 Å². The van der Waals surface area contributed by atoms with Crippen molar-refractivity contribution in [3.8, 4) is 0 Å². The lowest BCUT2D eigenvalue weighted by Gasteiger charge is -2.36. The van der Waals surface area contributed by atoms with Gasteiger partial charge in [-0.25, -0.2) is 4.90 Å². The number of amides is 3. The molecular formula is C24H22BrN3O3. The van der Waals surface area contributed by atoms with E-state index in [9.17, 15) is 14.4 Å². The molecule has 4 heterocycles. The van der Waals surface area contributed by atoms with Gasteiger partial charge in [-0.1, -0.05) is 28.1 Å². The molecule has 4 aliphatic heterocycles. The number of nitrogens with zero attached hydrogens (tertiary/aromatic N) is 2. The Bertz CT molecular complexity index is 1180. The Balaban J connectivity index is 1.56. The number of fused-ring (bicyclic) bond motifs is 7. The Morgan fingerprint density at radius 1 is 1.03 bits per heavy atom. The number of hydrogen-bond acceptors (Lipinski definition) is 4. The molecule has 31 heavy (non-hydrogen) atoms. The van der Waals surface area contributed by atoms with Gasteiger partial charge in [0.15, 0.2) is 0 Å². The summed E-state index contributed by atoms with van der Waals surface area (Å²) in [7, 11) is 0. The van der Waals surface area contributed by atoms with Gasteiger partial charge >= 0.3 is 0 Å². The second kappa shape index (κ2) is 6.26. The van der Waals surface area contributed by atoms with Crippen LogP contribution in [-0.2, 0) is 19.9 Å². The summed E-state index contributed by atoms with van der Waals surface area (Å²) in [5.74, 6) is -1.84. The minimum atomic E-state index is -1.11. The third-order valence-corrected chi connectivity index (χ3v) is 8.31. The highest BCUT2D eigenvalue weighted by molar-refractivity contribution is 9.10. The molecule has 0 aromatic heterocycles. The molecule has 1 spiro atoms. The first kappa shape index (κ1) is 19.2. The summed E-state index contributed by atoms with van der Waals surface area (Å²) in [5.41, 5.74) is 3.21. The first-order valence-electron chi connectivity index (χ1n) is 10.7. The van der Waals surface area contributed by atoms with E-state index < -0.39 is 17.4 Å². The van der Waals surface area contributed by atoms with Crippen molar-refractivity contribution in [2.24, 2.45) is 11.8 Å². The molecule has 2 aromatic carbocycles. The van der Waals surface area contributed by atoms with Gasteiger partial charge in [-0.05, 0) is 68.6 Å². The minimum absolute atomic E-state index is 0.0970. The predicted molar refractivity (Wildman–Crippen MR) is 120 cm³/mol. The summed E-state index contributed by atoms with van der Waals surface area (Å²) >= 11 is 3.41. The number of hydrogen-bond donors (Lipinski definition) is 1. The monoisotopic (exact) mass is 479 g/mol. The number of nitrogens with one attached hydrogen (secondary N) is 1. The van der Waals surface area contributed by atoms with Gasteiger partial charge in [0.2, 0.25) is 17.7 Å². The van der Waals surface area contributed by atoms with Crippen molar-refractivity contribution in [1.82, 2.24) is 4.90 Å². The zero-order valence-corrected chi connectivity index (χ0v) is 18.9. The summed E-state index contributed by atoms with van der Waals surface area (Å²) in [6.45, 7) is 4.73. The summed E-state index contributed by atoms with van der Waals surface area (Å²) < 4.78 is 0.879. The topological polar surface area (TPSA) is 69.7 Å². The Hall–Kier alpha value is -2.51. The fraction of sp³-hybridized carbons (Fsp3) is 0.375. The van der Waals surface area contributed by atoms with Crippen molar-refractivity contribution in [1.29, 1.82) is 0 Å². The van der Waals surface area contributed by atoms with Crippen molar-refractivity contribution in [3.05, 3.63) is 57.6 Å². The SMILES string of the molecule is Cc1ccc2c(c1C)NC(=O)[C@@]21[C@@H]2C(=O)N(c3ccc(Br)cc3)C(=O)[C@@H]2[C@@H]2CCCN21. The quantitative estimate of drug-likeness (QED) is 0.635. The molecule has 0 aliphatic carbocycles. The molecule has 6 nitrogen and oxygen atoms in total. The fourth-order valence-corrected chi connectivity index (χ4v) is 6.63. The number of carbonyl (C=O) groups excluding carboxylic acids is 3. The van der Waals surface area contributed by atoms with Crippen LogP contribution in [0.25, 0.3) is 0 Å². The zero-order valence-electron chi connectivity index (χ0n) is 17.3. The fourth-order valence-electron chi connectivity index (χ4n) is 6.36. The van der Waals surface area contributed by atoms with Crippen molar-refractivity contribution >= 4 is 45.0 Å². The van der Waals surface area contributed by atoms with Crippen molar-refractivity contribution in [3.63, 3.8) is 0 Å². The number of anilines is 2. The van der Waals surface area contributed by atoms with E-state index in [0.717, 1.165) is 46.2 Å². The van der Waals surface area contributed by atoms with Gasteiger partial charge in [0.25, 0.3) is 0 Å². The van der Waals surface area contributed by atoms with E-state index in [4.69, 9.17) is 0 Å². The number of imide groups is 1. The van der Waals surface area contributed by atoms with Crippen LogP contribution in [0.5, 0.6) is 0 Å². The molecule has 1 N–H and O–H groups in total. The second-order valence-corrected chi connectivity index (χ2v) is 9.96. The van der Waals surface area contributed by atoms with Gasteiger partial charge < -0.3 is 5.32 Å². The summed E-state index contributed by atoms with van der Waals surface area (Å²) in [6.07, 6.45) is 1.74. The number of benzene rings is 2. The number of halogens is 1. The Labute approximate surface area is 188 Å². The summed E-state index contributed by atoms with van der Waals surface area (Å²) in [5, 5.41) is 3.09. The summed E-state index contributed by atoms with van der Waals surface area (Å²) in [6, 6.07) is 11.1. The van der Waals surface area contributed by atoms with E-state index >= 15 is 0 Å². The number of aryl methyl sites for hydroxylation is 1. The molecule has 0 unspecified atom stereocenters. The largest absolute Gasteiger partial charge is 0.324 e. The van der Waals surface area contributed by atoms with Gasteiger partial charge in [0.05, 0.1) is 17.5 Å². The lowest BCUT2D eigenvalue weighted by molar-refractivity contribution is -0.135. The van der Waals surface area contributed by atoms with Crippen LogP contribution in [0.3, 0.4) is 0 Å². The molecule has 3 fully saturated rings. The molecule has 4 aliphatic rings. The highest BCUT2D eigenvalue weighted by atomic mass is 79.9. The van der Waals surface area contributed by atoms with Crippen molar-refractivity contribution in [2.45, 2.75) is 38.3 Å². The van der Waals surface area contributed by atoms with Crippen LogP contribution in [0.1, 0.15) is 29.5 Å². The second-order valence-electron chi connectivity index (χ2n) is 9.05. The predicted octanol–water partition coefficient (Wildman–Crippen LogP) is 3.50. The molecule has 3 amide bonds. The van der Waals surface area contributed by atoms with E-state index in [0.29, 0.717) is 5.69 Å². The highest BCUT2D eigenvalue weighted by Gasteiger charge is 2.74. The van der Waals surface area contributed by atoms with Gasteiger partial charge in [0.1, 0.15) is 5.54 Å². The summed E-state index contributed by atoms with van der Waals surface area (Å²) in [4.78, 5) is 44.7. The van der Waals surface area contributed by atoms with Crippen LogP contribution in [0.2, 0.25) is 0 Å². The molecule has 0 bridgehead atoms. The first-order valence-corrected chi connectivity index (χ1v) is 11.5. The maximum Gasteiger partial charge on any atom is 0.250 e. The number of rotatable bonds is 1. The maximum absolute atomic E-state index is 13.9. The molecule has 7 heteroatoms. The standard InChI is InChI=1S/C24H22BrN3O3/c1-12-5-10-16-20(13(12)2)26-23(31)24(16)19-18(17-4-3-11-27(17)24)21(29)28(22(19)30)15-8-6-14(25)7-9-15/h5-10,17-19H,3-4,11H2,1-2H3,(H,26,31)/t17-,18+,19-,24-/m0/s1. The first-order chi connectivity index (χ1) is 14.9. The van der Waals surface area contributed by atoms with E-state index in [1.807, 2.05) is 38.1 Å². The minimum Gasteiger partial charge on any atom is -0.324 e. The van der Waals surface area contributed by atoms with Crippen LogP contribution >= 0.6 is 15.9 Å². The van der Waals surface area contributed by atoms with Crippen molar-refractivity contribution < 1.29 is 14.4 Å². The average Bonchev–Trinajstić information content (AvgIpc) is 3.45. The van der Waals surface area contributed by atoms with Crippen LogP contribution in [0.15, 0.2) is 40.9 Å². The molecule has 0 radical (unpaired) electrons. The molecule has 2 aromatic rings. The van der Waals surface area contributed by atoms with Gasteiger partial charge in [-0.15, -0.1) is 0 Å². The molecular weight excluding hydrogens is 458 g/mol. The van der Waals surface area contributed by atoms with Crippen LogP contribution in [0, 0.1) is 25.7 Å². The number of carbonyl (C=O) groups is 3. The van der Waals surface area contributed by atoms with E-state index in [1.54, 1.807) is 12.1 Å². The molecule has 6 rings (SSSR count). The third kappa shape index (κ3) is 2.18. The molecule has 158 valence electrons. The highest BCUT2D eigenvalue weighted by Crippen LogP contribution is 2.61. The van der Waals surface area contributed by atoms with E-state index in [-0.39, 0.29) is 23.8 Å². The average molecular weight is 480 g/mol. The Kier molecular flexibility index (Phi) is 3.88. The van der Waals surface area contributed by atoms with Gasteiger partial charge in [-0.2, -0.15) is 0 Å². The lowest BCUT2D eigenvalue weighted by atomic mass is 9.75. The van der Waals surface area contributed by atoms with Gasteiger partial charge in [0, 0.05) is 21.8 Å². The molecule has 4 atom stereocenters. The Morgan fingerprint density at radius 2 is 1.77 bits per heavy atom. The van der Waals surface area contributed by atoms with E-state index in [2.05, 4.69) is 26.1 Å². The van der Waals surface area contributed by atoms with Crippen LogP contribution in [-0.4, -0.2) is 35.2 Å². The lowest BCUT2D eigenvalue weighted by Crippen LogP contribution is -2.54. The van der Waals surface area contributed by atoms with Crippen LogP contribution < -0.4 is 10.2 Å².